The quantitative estimate of drug-likeness (QED) is 0.611. The van der Waals surface area contributed by atoms with Gasteiger partial charge in [-0.05, 0) is 55.4 Å². The Hall–Kier alpha value is -0.0400. The predicted molar refractivity (Wildman–Crippen MR) is 40.4 cm³/mol. The van der Waals surface area contributed by atoms with Crippen LogP contribution < -0.4 is 5.73 Å². The van der Waals surface area contributed by atoms with Crippen LogP contribution in [0.25, 0.3) is 0 Å². The molecule has 3 fully saturated rings. The van der Waals surface area contributed by atoms with E-state index in [1.54, 1.807) is 6.42 Å². The lowest BCUT2D eigenvalue weighted by Crippen LogP contribution is -2.16. The van der Waals surface area contributed by atoms with E-state index in [0.29, 0.717) is 0 Å². The molecule has 10 heavy (non-hydrogen) atoms. The Morgan fingerprint density at radius 1 is 1.50 bits per heavy atom. The third kappa shape index (κ3) is 0.378. The van der Waals surface area contributed by atoms with E-state index in [0.717, 1.165) is 29.7 Å². The molecule has 0 saturated heterocycles. The van der Waals surface area contributed by atoms with Crippen LogP contribution in [0.1, 0.15) is 25.7 Å². The Morgan fingerprint density at radius 2 is 2.40 bits per heavy atom. The largest absolute Gasteiger partial charge is 0.330 e. The molecule has 0 aromatic carbocycles. The fourth-order valence-corrected chi connectivity index (χ4v) is 3.92. The first-order valence-electron chi connectivity index (χ1n) is 4.58. The van der Waals surface area contributed by atoms with Crippen LogP contribution in [0.3, 0.4) is 0 Å². The van der Waals surface area contributed by atoms with Crippen LogP contribution in [0.4, 0.5) is 0 Å². The van der Waals surface area contributed by atoms with Crippen LogP contribution in [0.2, 0.25) is 0 Å². The van der Waals surface area contributed by atoms with E-state index in [4.69, 9.17) is 5.73 Å². The van der Waals surface area contributed by atoms with Crippen molar-refractivity contribution >= 4 is 0 Å². The lowest BCUT2D eigenvalue weighted by molar-refractivity contribution is 0.255. The average Bonchev–Trinajstić information content (AvgIpc) is 2.21. The minimum atomic E-state index is 0.819. The molecular weight excluding hydrogens is 122 g/mol. The number of nitrogens with two attached hydrogens (primary N) is 1. The second kappa shape index (κ2) is 1.42. The Bertz CT molecular complexity index is 176. The molecule has 3 aliphatic rings. The second-order valence-corrected chi connectivity index (χ2v) is 4.44. The highest BCUT2D eigenvalue weighted by Crippen LogP contribution is 2.82. The molecule has 4 unspecified atom stereocenters. The van der Waals surface area contributed by atoms with Gasteiger partial charge in [0.25, 0.3) is 0 Å². The zero-order valence-corrected chi connectivity index (χ0v) is 6.34. The van der Waals surface area contributed by atoms with Crippen molar-refractivity contribution in [3.05, 3.63) is 0 Å². The van der Waals surface area contributed by atoms with Gasteiger partial charge in [0.15, 0.2) is 0 Å². The lowest BCUT2D eigenvalue weighted by Gasteiger charge is -2.24. The van der Waals surface area contributed by atoms with Crippen molar-refractivity contribution in [2.24, 2.45) is 28.9 Å². The van der Waals surface area contributed by atoms with Crippen molar-refractivity contribution in [1.29, 1.82) is 0 Å². The zero-order chi connectivity index (χ0) is 6.77. The van der Waals surface area contributed by atoms with Crippen molar-refractivity contribution in [3.63, 3.8) is 0 Å². The summed E-state index contributed by atoms with van der Waals surface area (Å²) in [7, 11) is 0. The summed E-state index contributed by atoms with van der Waals surface area (Å²) in [6.45, 7) is 0.930. The molecular formula is C9H15N. The topological polar surface area (TPSA) is 26.0 Å². The molecule has 0 heterocycles. The Balaban J connectivity index is 1.83. The van der Waals surface area contributed by atoms with Gasteiger partial charge in [-0.2, -0.15) is 0 Å². The van der Waals surface area contributed by atoms with Gasteiger partial charge in [-0.15, -0.1) is 0 Å². The van der Waals surface area contributed by atoms with E-state index < -0.39 is 0 Å². The van der Waals surface area contributed by atoms with E-state index in [1.165, 1.54) is 19.3 Å². The molecule has 3 saturated carbocycles. The predicted octanol–water partition coefficient (Wildman–Crippen LogP) is 1.38. The van der Waals surface area contributed by atoms with Crippen LogP contribution in [-0.2, 0) is 0 Å². The first-order chi connectivity index (χ1) is 4.88. The molecule has 56 valence electrons. The van der Waals surface area contributed by atoms with E-state index in [1.807, 2.05) is 0 Å². The molecule has 0 aromatic heterocycles. The maximum atomic E-state index is 5.60. The average molecular weight is 137 g/mol. The molecule has 2 N–H and O–H groups in total. The normalized spacial score (nSPS) is 61.5. The van der Waals surface area contributed by atoms with Crippen LogP contribution in [0.15, 0.2) is 0 Å². The highest BCUT2D eigenvalue weighted by molar-refractivity contribution is 5.24. The third-order valence-electron chi connectivity index (χ3n) is 4.38. The standard InChI is InChI=1S/C9H15N/c10-4-3-9-2-1-6-5-7(9)8(6)9/h6-8H,1-5,10H2. The summed E-state index contributed by atoms with van der Waals surface area (Å²) in [5, 5.41) is 0. The van der Waals surface area contributed by atoms with E-state index in [-0.39, 0.29) is 0 Å². The summed E-state index contributed by atoms with van der Waals surface area (Å²) in [6.07, 6.45) is 5.94. The van der Waals surface area contributed by atoms with Crippen LogP contribution in [-0.4, -0.2) is 6.54 Å². The lowest BCUT2D eigenvalue weighted by atomic mass is 9.81. The molecule has 0 amide bonds. The fraction of sp³-hybridized carbons (Fsp3) is 1.00. The van der Waals surface area contributed by atoms with Crippen molar-refractivity contribution in [2.75, 3.05) is 6.54 Å². The highest BCUT2D eigenvalue weighted by Gasteiger charge is 2.75. The first kappa shape index (κ1) is 5.59. The van der Waals surface area contributed by atoms with Crippen LogP contribution >= 0.6 is 0 Å². The van der Waals surface area contributed by atoms with Crippen LogP contribution in [0.5, 0.6) is 0 Å². The van der Waals surface area contributed by atoms with Crippen molar-refractivity contribution < 1.29 is 0 Å². The van der Waals surface area contributed by atoms with Gasteiger partial charge in [0.2, 0.25) is 0 Å². The fourth-order valence-electron chi connectivity index (χ4n) is 3.92. The molecule has 4 atom stereocenters. The van der Waals surface area contributed by atoms with Crippen molar-refractivity contribution in [2.45, 2.75) is 25.7 Å². The highest BCUT2D eigenvalue weighted by atomic mass is 14.8. The summed E-state index contributed by atoms with van der Waals surface area (Å²) >= 11 is 0. The van der Waals surface area contributed by atoms with Gasteiger partial charge in [0.1, 0.15) is 0 Å². The monoisotopic (exact) mass is 137 g/mol. The Labute approximate surface area is 62.0 Å². The molecule has 1 heteroatoms. The number of fused-ring (bicyclic) bond motifs is 1. The molecule has 3 aliphatic carbocycles. The summed E-state index contributed by atoms with van der Waals surface area (Å²) in [4.78, 5) is 0. The third-order valence-corrected chi connectivity index (χ3v) is 4.38. The molecule has 0 aromatic rings. The van der Waals surface area contributed by atoms with E-state index in [9.17, 15) is 0 Å². The van der Waals surface area contributed by atoms with Gasteiger partial charge in [0.05, 0.1) is 0 Å². The van der Waals surface area contributed by atoms with Gasteiger partial charge >= 0.3 is 0 Å². The first-order valence-corrected chi connectivity index (χ1v) is 4.58. The van der Waals surface area contributed by atoms with Gasteiger partial charge in [-0.1, -0.05) is 0 Å². The molecule has 0 aliphatic heterocycles. The second-order valence-electron chi connectivity index (χ2n) is 4.44. The molecule has 3 rings (SSSR count). The van der Waals surface area contributed by atoms with Crippen LogP contribution in [0, 0.1) is 23.2 Å². The molecule has 0 spiro atoms. The number of hydrogen-bond acceptors (Lipinski definition) is 1. The zero-order valence-electron chi connectivity index (χ0n) is 6.34. The van der Waals surface area contributed by atoms with E-state index in [2.05, 4.69) is 0 Å². The van der Waals surface area contributed by atoms with E-state index >= 15 is 0 Å². The number of rotatable bonds is 2. The summed E-state index contributed by atoms with van der Waals surface area (Å²) in [5.41, 5.74) is 6.42. The molecule has 0 bridgehead atoms. The minimum Gasteiger partial charge on any atom is -0.330 e. The van der Waals surface area contributed by atoms with Gasteiger partial charge < -0.3 is 5.73 Å². The smallest absolute Gasteiger partial charge is 0.00718 e. The summed E-state index contributed by atoms with van der Waals surface area (Å²) in [6, 6.07) is 0. The van der Waals surface area contributed by atoms with Crippen molar-refractivity contribution in [3.8, 4) is 0 Å². The SMILES string of the molecule is NCCC12CCC3CC1C32. The van der Waals surface area contributed by atoms with Crippen molar-refractivity contribution in [1.82, 2.24) is 0 Å². The summed E-state index contributed by atoms with van der Waals surface area (Å²) < 4.78 is 0. The van der Waals surface area contributed by atoms with Gasteiger partial charge in [-0.25, -0.2) is 0 Å². The Morgan fingerprint density at radius 3 is 2.80 bits per heavy atom. The molecule has 0 radical (unpaired) electrons. The molecule has 1 nitrogen and oxygen atoms in total. The minimum absolute atomic E-state index is 0.819. The maximum Gasteiger partial charge on any atom is -0.00718 e. The maximum absolute atomic E-state index is 5.60. The number of hydrogen-bond donors (Lipinski definition) is 1. The Kier molecular flexibility index (Phi) is 0.797. The van der Waals surface area contributed by atoms with Gasteiger partial charge in [0, 0.05) is 0 Å². The van der Waals surface area contributed by atoms with Gasteiger partial charge in [-0.3, -0.25) is 0 Å². The summed E-state index contributed by atoms with van der Waals surface area (Å²) in [5.74, 6) is 3.46.